The number of benzene rings is 1. The van der Waals surface area contributed by atoms with Gasteiger partial charge in [-0.05, 0) is 133 Å². The Hall–Kier alpha value is -4.24. The molecule has 0 fully saturated rings. The van der Waals surface area contributed by atoms with Crippen molar-refractivity contribution in [2.24, 2.45) is 5.92 Å². The van der Waals surface area contributed by atoms with E-state index in [1.165, 1.54) is 67.3 Å². The Bertz CT molecular complexity index is 1910. The van der Waals surface area contributed by atoms with Gasteiger partial charge in [-0.3, -0.25) is 0 Å². The summed E-state index contributed by atoms with van der Waals surface area (Å²) in [6, 6.07) is 7.50. The Kier molecular flexibility index (Phi) is 6.62. The molecule has 2 aliphatic heterocycles. The normalized spacial score (nSPS) is 29.8. The molecule has 236 valence electrons. The standard InChI is InChI=1S/C44H43NO2/c1-2-10-28(11-3-1)30-12-8-13-31(26-30)45(32-22-24-35-34-14-4-6-18-39(34)47-42(35)27-32)38-17-9-16-36-33(38)23-20-29-21-25-41-44(43(29)36)37-15-5-7-19-40(37)46-41/h2,4,7,9-11,13-14,16-17,19,21,24-26,32,41-42,44H,1,3,5-6,8,12,15,18,20,22-23,27H2. The minimum absolute atomic E-state index is 0.115. The van der Waals surface area contributed by atoms with E-state index in [0.717, 1.165) is 82.8 Å². The molecule has 9 aliphatic rings. The average Bonchev–Trinajstić information content (AvgIpc) is 3.70. The highest BCUT2D eigenvalue weighted by Gasteiger charge is 2.43. The quantitative estimate of drug-likeness (QED) is 0.336. The summed E-state index contributed by atoms with van der Waals surface area (Å²) >= 11 is 0. The van der Waals surface area contributed by atoms with Gasteiger partial charge >= 0.3 is 0 Å². The number of rotatable bonds is 4. The molecule has 0 saturated carbocycles. The van der Waals surface area contributed by atoms with Crippen LogP contribution in [0.4, 0.5) is 5.69 Å². The number of allylic oxidation sites excluding steroid dienone is 14. The second kappa shape index (κ2) is 11.2. The van der Waals surface area contributed by atoms with Crippen LogP contribution in [0, 0.1) is 5.92 Å². The monoisotopic (exact) mass is 617 g/mol. The summed E-state index contributed by atoms with van der Waals surface area (Å²) in [5.74, 6) is 2.67. The zero-order chi connectivity index (χ0) is 30.9. The summed E-state index contributed by atoms with van der Waals surface area (Å²) < 4.78 is 13.3. The van der Waals surface area contributed by atoms with Crippen molar-refractivity contribution < 1.29 is 9.47 Å². The van der Waals surface area contributed by atoms with Crippen LogP contribution in [-0.4, -0.2) is 18.2 Å². The lowest BCUT2D eigenvalue weighted by molar-refractivity contribution is 0.139. The van der Waals surface area contributed by atoms with Gasteiger partial charge in [0, 0.05) is 35.8 Å². The van der Waals surface area contributed by atoms with Crippen LogP contribution in [0.1, 0.15) is 81.8 Å². The largest absolute Gasteiger partial charge is 0.489 e. The van der Waals surface area contributed by atoms with Crippen molar-refractivity contribution in [3.05, 3.63) is 153 Å². The Labute approximate surface area is 279 Å². The molecule has 0 bridgehead atoms. The Balaban J connectivity index is 1.08. The molecule has 0 aromatic heterocycles. The molecular formula is C44H43NO2. The van der Waals surface area contributed by atoms with E-state index in [9.17, 15) is 0 Å². The second-order valence-electron chi connectivity index (χ2n) is 14.5. The van der Waals surface area contributed by atoms with E-state index in [4.69, 9.17) is 9.47 Å². The van der Waals surface area contributed by atoms with Crippen molar-refractivity contribution >= 4 is 11.3 Å². The highest BCUT2D eigenvalue weighted by atomic mass is 16.5. The third-order valence-electron chi connectivity index (χ3n) is 11.9. The molecule has 47 heavy (non-hydrogen) atoms. The van der Waals surface area contributed by atoms with Crippen molar-refractivity contribution in [1.82, 2.24) is 0 Å². The SMILES string of the molecule is C1=CC(C2=CC(N(c3cccc4c3CCC3=C4C4C5=C(C=CCC5)OC4C=C3)C3CC=C4C5=C(CCC=C5)OC4C3)=CCC2)=CCC1. The lowest BCUT2D eigenvalue weighted by Gasteiger charge is -2.41. The molecule has 10 rings (SSSR count). The van der Waals surface area contributed by atoms with Crippen LogP contribution in [0.5, 0.6) is 0 Å². The van der Waals surface area contributed by atoms with E-state index in [1.54, 1.807) is 0 Å². The highest BCUT2D eigenvalue weighted by Crippen LogP contribution is 2.53. The van der Waals surface area contributed by atoms with Crippen LogP contribution in [0.25, 0.3) is 5.57 Å². The van der Waals surface area contributed by atoms with Gasteiger partial charge in [0.05, 0.1) is 5.92 Å². The van der Waals surface area contributed by atoms with E-state index >= 15 is 0 Å². The minimum Gasteiger partial charge on any atom is -0.489 e. The van der Waals surface area contributed by atoms with Crippen molar-refractivity contribution in [2.45, 2.75) is 95.3 Å². The predicted octanol–water partition coefficient (Wildman–Crippen LogP) is 10.4. The van der Waals surface area contributed by atoms with Crippen LogP contribution >= 0.6 is 0 Å². The first-order valence-corrected chi connectivity index (χ1v) is 18.2. The number of hydrogen-bond acceptors (Lipinski definition) is 3. The van der Waals surface area contributed by atoms with Gasteiger partial charge in [0.15, 0.2) is 0 Å². The molecule has 0 spiro atoms. The molecule has 0 amide bonds. The molecule has 4 atom stereocenters. The maximum atomic E-state index is 6.71. The molecule has 3 heteroatoms. The first kappa shape index (κ1) is 27.8. The van der Waals surface area contributed by atoms with Gasteiger partial charge in [0.1, 0.15) is 23.7 Å². The van der Waals surface area contributed by atoms with Crippen molar-refractivity contribution in [3.63, 3.8) is 0 Å². The molecule has 2 heterocycles. The summed E-state index contributed by atoms with van der Waals surface area (Å²) in [5, 5.41) is 0. The maximum Gasteiger partial charge on any atom is 0.128 e. The zero-order valence-electron chi connectivity index (χ0n) is 27.2. The molecular weight excluding hydrogens is 574 g/mol. The summed E-state index contributed by atoms with van der Waals surface area (Å²) in [6.07, 6.45) is 41.8. The third kappa shape index (κ3) is 4.53. The number of fused-ring (bicyclic) bond motifs is 7. The van der Waals surface area contributed by atoms with Gasteiger partial charge < -0.3 is 14.4 Å². The van der Waals surface area contributed by atoms with Crippen molar-refractivity contribution in [2.75, 3.05) is 4.90 Å². The van der Waals surface area contributed by atoms with Crippen LogP contribution in [-0.2, 0) is 15.9 Å². The fourth-order valence-electron chi connectivity index (χ4n) is 9.76. The van der Waals surface area contributed by atoms with Gasteiger partial charge in [-0.1, -0.05) is 66.8 Å². The topological polar surface area (TPSA) is 21.7 Å². The van der Waals surface area contributed by atoms with E-state index in [0.29, 0.717) is 12.0 Å². The van der Waals surface area contributed by atoms with Crippen LogP contribution in [0.15, 0.2) is 142 Å². The van der Waals surface area contributed by atoms with E-state index in [-0.39, 0.29) is 12.2 Å². The Morgan fingerprint density at radius 1 is 0.766 bits per heavy atom. The van der Waals surface area contributed by atoms with E-state index < -0.39 is 0 Å². The Morgan fingerprint density at radius 3 is 2.66 bits per heavy atom. The number of nitrogens with zero attached hydrogens (tertiary/aromatic N) is 1. The first-order valence-electron chi connectivity index (χ1n) is 18.2. The van der Waals surface area contributed by atoms with Crippen LogP contribution in [0.3, 0.4) is 0 Å². The van der Waals surface area contributed by atoms with Gasteiger partial charge in [0.2, 0.25) is 0 Å². The lowest BCUT2D eigenvalue weighted by atomic mass is 9.71. The van der Waals surface area contributed by atoms with Gasteiger partial charge in [-0.25, -0.2) is 0 Å². The lowest BCUT2D eigenvalue weighted by Crippen LogP contribution is -2.40. The fraction of sp³-hybridized carbons (Fsp3) is 0.364. The van der Waals surface area contributed by atoms with Gasteiger partial charge in [-0.15, -0.1) is 0 Å². The number of anilines is 1. The van der Waals surface area contributed by atoms with Crippen LogP contribution in [0.2, 0.25) is 0 Å². The van der Waals surface area contributed by atoms with Gasteiger partial charge in [0.25, 0.3) is 0 Å². The molecule has 1 aromatic rings. The van der Waals surface area contributed by atoms with E-state index in [1.807, 2.05) is 0 Å². The summed E-state index contributed by atoms with van der Waals surface area (Å²) in [6.45, 7) is 0. The number of hydrogen-bond donors (Lipinski definition) is 0. The maximum absolute atomic E-state index is 6.71. The third-order valence-corrected chi connectivity index (χ3v) is 11.9. The van der Waals surface area contributed by atoms with Gasteiger partial charge in [-0.2, -0.15) is 0 Å². The fourth-order valence-corrected chi connectivity index (χ4v) is 9.76. The zero-order valence-corrected chi connectivity index (χ0v) is 27.2. The number of ether oxygens (including phenoxy) is 2. The average molecular weight is 618 g/mol. The summed E-state index contributed by atoms with van der Waals surface area (Å²) in [7, 11) is 0. The van der Waals surface area contributed by atoms with Crippen LogP contribution < -0.4 is 4.90 Å². The molecule has 7 aliphatic carbocycles. The molecule has 0 N–H and O–H groups in total. The highest BCUT2D eigenvalue weighted by molar-refractivity contribution is 5.85. The predicted molar refractivity (Wildman–Crippen MR) is 190 cm³/mol. The molecule has 0 radical (unpaired) electrons. The van der Waals surface area contributed by atoms with Crippen molar-refractivity contribution in [1.29, 1.82) is 0 Å². The molecule has 1 aromatic carbocycles. The molecule has 0 saturated heterocycles. The van der Waals surface area contributed by atoms with E-state index in [2.05, 4.69) is 96.0 Å². The molecule has 3 nitrogen and oxygen atoms in total. The Morgan fingerprint density at radius 2 is 1.70 bits per heavy atom. The molecule has 4 unspecified atom stereocenters. The summed E-state index contributed by atoms with van der Waals surface area (Å²) in [5.41, 5.74) is 16.0. The minimum atomic E-state index is 0.115. The second-order valence-corrected chi connectivity index (χ2v) is 14.5. The van der Waals surface area contributed by atoms with Crippen molar-refractivity contribution in [3.8, 4) is 0 Å². The first-order chi connectivity index (χ1) is 23.3. The summed E-state index contributed by atoms with van der Waals surface area (Å²) in [4.78, 5) is 2.75. The smallest absolute Gasteiger partial charge is 0.128 e.